The highest BCUT2D eigenvalue weighted by atomic mass is 15.5. The number of allylic oxidation sites excluding steroid dienone is 3. The smallest absolute Gasteiger partial charge is 0.171 e. The van der Waals surface area contributed by atoms with Gasteiger partial charge in [-0.3, -0.25) is 0 Å². The van der Waals surface area contributed by atoms with Crippen LogP contribution in [0, 0.1) is 6.92 Å². The van der Waals surface area contributed by atoms with Crippen LogP contribution in [0.25, 0.3) is 0 Å². The third-order valence-electron chi connectivity index (χ3n) is 0.780. The third-order valence-corrected chi connectivity index (χ3v) is 0.780. The van der Waals surface area contributed by atoms with Crippen LogP contribution >= 0.6 is 0 Å². The number of nitrogens with one attached hydrogen (secondary N) is 1. The number of aromatic nitrogens is 4. The van der Waals surface area contributed by atoms with E-state index in [1.54, 1.807) is 13.0 Å². The summed E-state index contributed by atoms with van der Waals surface area (Å²) in [5, 5.41) is 12.7. The Hall–Kier alpha value is -1.45. The number of aromatic amines is 1. The van der Waals surface area contributed by atoms with Crippen LogP contribution in [0.5, 0.6) is 0 Å². The molecule has 1 rings (SSSR count). The summed E-state index contributed by atoms with van der Waals surface area (Å²) in [6, 6.07) is 0. The minimum atomic E-state index is 0.676. The van der Waals surface area contributed by atoms with E-state index in [1.165, 1.54) is 0 Å². The first-order valence-corrected chi connectivity index (χ1v) is 3.25. The molecule has 0 saturated heterocycles. The van der Waals surface area contributed by atoms with Gasteiger partial charge in [0.15, 0.2) is 5.82 Å². The van der Waals surface area contributed by atoms with Gasteiger partial charge >= 0.3 is 0 Å². The Kier molecular flexibility index (Phi) is 5.79. The van der Waals surface area contributed by atoms with Crippen LogP contribution in [0.3, 0.4) is 0 Å². The fraction of sp³-hybridized carbons (Fsp3) is 0.286. The second-order valence-corrected chi connectivity index (χ2v) is 1.72. The molecular formula is C7H12N4. The van der Waals surface area contributed by atoms with Gasteiger partial charge in [-0.2, -0.15) is 5.21 Å². The first-order valence-electron chi connectivity index (χ1n) is 3.25. The van der Waals surface area contributed by atoms with Gasteiger partial charge in [0, 0.05) is 0 Å². The molecule has 0 aliphatic heterocycles. The van der Waals surface area contributed by atoms with Gasteiger partial charge in [0.1, 0.15) is 0 Å². The summed E-state index contributed by atoms with van der Waals surface area (Å²) in [5.41, 5.74) is 0. The van der Waals surface area contributed by atoms with Crippen molar-refractivity contribution in [1.29, 1.82) is 0 Å². The minimum absolute atomic E-state index is 0.676. The topological polar surface area (TPSA) is 54.5 Å². The molecule has 1 aromatic heterocycles. The predicted molar refractivity (Wildman–Crippen MR) is 43.9 cm³/mol. The summed E-state index contributed by atoms with van der Waals surface area (Å²) < 4.78 is 0. The molecule has 0 radical (unpaired) electrons. The van der Waals surface area contributed by atoms with Crippen LogP contribution in [0.4, 0.5) is 0 Å². The number of aryl methyl sites for hydroxylation is 1. The monoisotopic (exact) mass is 152 g/mol. The van der Waals surface area contributed by atoms with Crippen molar-refractivity contribution in [2.24, 2.45) is 0 Å². The Morgan fingerprint density at radius 1 is 1.55 bits per heavy atom. The van der Waals surface area contributed by atoms with Gasteiger partial charge in [-0.05, 0) is 13.8 Å². The van der Waals surface area contributed by atoms with Crippen molar-refractivity contribution in [3.05, 3.63) is 30.6 Å². The number of H-pyrrole nitrogens is 1. The first kappa shape index (κ1) is 9.55. The standard InChI is InChI=1S/C5H8.C2H4N4/c1-3-5-4-2;1-2-3-5-6-4-2/h3-5H,1H2,2H3;1H3,(H,3,4,5,6)/b5-4+;. The minimum Gasteiger partial charge on any atom is -0.177 e. The number of tetrazole rings is 1. The average molecular weight is 152 g/mol. The third kappa shape index (κ3) is 6.44. The maximum Gasteiger partial charge on any atom is 0.171 e. The van der Waals surface area contributed by atoms with Crippen LogP contribution in [-0.4, -0.2) is 20.6 Å². The van der Waals surface area contributed by atoms with Crippen LogP contribution in [0.15, 0.2) is 24.8 Å². The van der Waals surface area contributed by atoms with E-state index in [9.17, 15) is 0 Å². The van der Waals surface area contributed by atoms with Crippen molar-refractivity contribution in [2.45, 2.75) is 13.8 Å². The van der Waals surface area contributed by atoms with Gasteiger partial charge < -0.3 is 0 Å². The average Bonchev–Trinajstić information content (AvgIpc) is 2.43. The van der Waals surface area contributed by atoms with Crippen LogP contribution < -0.4 is 0 Å². The van der Waals surface area contributed by atoms with Crippen molar-refractivity contribution in [3.8, 4) is 0 Å². The molecule has 60 valence electrons. The van der Waals surface area contributed by atoms with Crippen molar-refractivity contribution in [3.63, 3.8) is 0 Å². The SMILES string of the molecule is C=C/C=C/C.Cc1nn[nH]n1. The van der Waals surface area contributed by atoms with Crippen molar-refractivity contribution in [2.75, 3.05) is 0 Å². The van der Waals surface area contributed by atoms with Gasteiger partial charge in [-0.25, -0.2) is 0 Å². The summed E-state index contributed by atoms with van der Waals surface area (Å²) in [6.45, 7) is 7.19. The zero-order valence-corrected chi connectivity index (χ0v) is 6.78. The molecule has 4 heteroatoms. The summed E-state index contributed by atoms with van der Waals surface area (Å²) in [5.74, 6) is 0.676. The summed E-state index contributed by atoms with van der Waals surface area (Å²) in [6.07, 6.45) is 5.58. The summed E-state index contributed by atoms with van der Waals surface area (Å²) in [4.78, 5) is 0. The van der Waals surface area contributed by atoms with E-state index in [0.29, 0.717) is 5.82 Å². The van der Waals surface area contributed by atoms with E-state index in [4.69, 9.17) is 0 Å². The van der Waals surface area contributed by atoms with Gasteiger partial charge in [-0.15, -0.1) is 10.2 Å². The van der Waals surface area contributed by atoms with Gasteiger partial charge in [0.25, 0.3) is 0 Å². The predicted octanol–water partition coefficient (Wildman–Crippen LogP) is 1.26. The zero-order valence-electron chi connectivity index (χ0n) is 6.78. The lowest BCUT2D eigenvalue weighted by Gasteiger charge is -1.59. The summed E-state index contributed by atoms with van der Waals surface area (Å²) in [7, 11) is 0. The van der Waals surface area contributed by atoms with Gasteiger partial charge in [0.2, 0.25) is 0 Å². The molecule has 0 bridgehead atoms. The number of rotatable bonds is 1. The molecule has 0 spiro atoms. The van der Waals surface area contributed by atoms with Crippen molar-refractivity contribution in [1.82, 2.24) is 20.6 Å². The Bertz CT molecular complexity index is 200. The molecule has 0 aromatic carbocycles. The molecule has 4 nitrogen and oxygen atoms in total. The molecule has 0 aliphatic rings. The van der Waals surface area contributed by atoms with Crippen LogP contribution in [0.1, 0.15) is 12.7 Å². The number of hydrogen-bond acceptors (Lipinski definition) is 3. The first-order chi connectivity index (χ1) is 5.31. The van der Waals surface area contributed by atoms with Gasteiger partial charge in [0.05, 0.1) is 0 Å². The van der Waals surface area contributed by atoms with Crippen molar-refractivity contribution < 1.29 is 0 Å². The molecule has 0 unspecified atom stereocenters. The van der Waals surface area contributed by atoms with Crippen LogP contribution in [0.2, 0.25) is 0 Å². The fourth-order valence-electron chi connectivity index (χ4n) is 0.348. The lowest BCUT2D eigenvalue weighted by Crippen LogP contribution is -1.69. The molecule has 0 atom stereocenters. The lowest BCUT2D eigenvalue weighted by atomic mass is 10.5. The van der Waals surface area contributed by atoms with Crippen LogP contribution in [-0.2, 0) is 0 Å². The molecule has 0 amide bonds. The molecule has 0 saturated carbocycles. The molecule has 1 N–H and O–H groups in total. The highest BCUT2D eigenvalue weighted by Crippen LogP contribution is 1.69. The summed E-state index contributed by atoms with van der Waals surface area (Å²) >= 11 is 0. The largest absolute Gasteiger partial charge is 0.177 e. The lowest BCUT2D eigenvalue weighted by molar-refractivity contribution is 0.881. The molecule has 1 aromatic rings. The highest BCUT2D eigenvalue weighted by Gasteiger charge is 1.78. The molecule has 1 heterocycles. The Balaban J connectivity index is 0.000000187. The fourth-order valence-corrected chi connectivity index (χ4v) is 0.348. The Labute approximate surface area is 66.0 Å². The maximum absolute atomic E-state index is 3.57. The second-order valence-electron chi connectivity index (χ2n) is 1.72. The maximum atomic E-state index is 3.57. The van der Waals surface area contributed by atoms with E-state index in [-0.39, 0.29) is 0 Å². The zero-order chi connectivity index (χ0) is 8.53. The van der Waals surface area contributed by atoms with E-state index in [0.717, 1.165) is 0 Å². The van der Waals surface area contributed by atoms with E-state index in [1.807, 2.05) is 19.1 Å². The molecule has 11 heavy (non-hydrogen) atoms. The molecule has 0 fully saturated rings. The number of nitrogens with zero attached hydrogens (tertiary/aromatic N) is 3. The number of hydrogen-bond donors (Lipinski definition) is 1. The Morgan fingerprint density at radius 3 is 2.36 bits per heavy atom. The normalized spacial score (nSPS) is 8.91. The van der Waals surface area contributed by atoms with E-state index in [2.05, 4.69) is 27.2 Å². The molecular weight excluding hydrogens is 140 g/mol. The van der Waals surface area contributed by atoms with E-state index >= 15 is 0 Å². The second kappa shape index (κ2) is 6.67. The highest BCUT2D eigenvalue weighted by molar-refractivity contribution is 4.94. The van der Waals surface area contributed by atoms with Crippen molar-refractivity contribution >= 4 is 0 Å². The van der Waals surface area contributed by atoms with E-state index < -0.39 is 0 Å². The quantitative estimate of drug-likeness (QED) is 0.616. The van der Waals surface area contributed by atoms with Gasteiger partial charge in [-0.1, -0.05) is 30.0 Å². The molecule has 0 aliphatic carbocycles. The Morgan fingerprint density at radius 2 is 2.27 bits per heavy atom.